The normalized spacial score (nSPS) is 20.3. The number of hydrogen-bond donors (Lipinski definition) is 2. The van der Waals surface area contributed by atoms with E-state index in [1.165, 1.54) is 29.6 Å². The van der Waals surface area contributed by atoms with Crippen LogP contribution in [0.2, 0.25) is 0 Å². The topological polar surface area (TPSA) is 105 Å². The van der Waals surface area contributed by atoms with E-state index in [1.54, 1.807) is 0 Å². The van der Waals surface area contributed by atoms with Crippen LogP contribution in [0.15, 0.2) is 23.1 Å². The average Bonchev–Trinajstić information content (AvgIpc) is 2.64. The summed E-state index contributed by atoms with van der Waals surface area (Å²) < 4.78 is 33.2. The molecule has 0 saturated carbocycles. The van der Waals surface area contributed by atoms with Gasteiger partial charge in [-0.25, -0.2) is 8.42 Å². The Balaban J connectivity index is 2.26. The number of carbonyl (C=O) groups is 2. The Morgan fingerprint density at radius 2 is 1.79 bits per heavy atom. The van der Waals surface area contributed by atoms with Gasteiger partial charge in [-0.1, -0.05) is 27.7 Å². The Morgan fingerprint density at radius 3 is 2.34 bits per heavy atom. The van der Waals surface area contributed by atoms with Gasteiger partial charge in [0.15, 0.2) is 0 Å². The molecule has 0 aromatic heterocycles. The summed E-state index contributed by atoms with van der Waals surface area (Å²) in [5.41, 5.74) is 4.79. The van der Waals surface area contributed by atoms with Crippen LogP contribution >= 0.6 is 0 Å². The Kier molecular flexibility index (Phi) is 7.65. The third-order valence-corrected chi connectivity index (χ3v) is 6.64. The lowest BCUT2D eigenvalue weighted by Gasteiger charge is -2.34. The molecule has 2 N–H and O–H groups in total. The van der Waals surface area contributed by atoms with Gasteiger partial charge in [-0.15, -0.1) is 0 Å². The molecule has 0 bridgehead atoms. The zero-order chi connectivity index (χ0) is 21.8. The van der Waals surface area contributed by atoms with Crippen molar-refractivity contribution in [1.29, 1.82) is 0 Å². The Hall–Kier alpha value is -2.13. The predicted molar refractivity (Wildman–Crippen MR) is 110 cm³/mol. The highest BCUT2D eigenvalue weighted by Crippen LogP contribution is 2.32. The van der Waals surface area contributed by atoms with Gasteiger partial charge in [0.2, 0.25) is 15.9 Å². The zero-order valence-corrected chi connectivity index (χ0v) is 18.5. The van der Waals surface area contributed by atoms with Gasteiger partial charge in [0.05, 0.1) is 7.11 Å². The van der Waals surface area contributed by atoms with Crippen molar-refractivity contribution < 1.29 is 22.7 Å². The fourth-order valence-corrected chi connectivity index (χ4v) is 5.44. The van der Waals surface area contributed by atoms with E-state index < -0.39 is 15.9 Å². The molecule has 1 saturated heterocycles. The minimum absolute atomic E-state index is 0.0533. The van der Waals surface area contributed by atoms with E-state index in [-0.39, 0.29) is 46.3 Å². The molecule has 2 amide bonds. The first-order chi connectivity index (χ1) is 13.5. The molecule has 1 aliphatic rings. The summed E-state index contributed by atoms with van der Waals surface area (Å²) in [7, 11) is -2.44. The lowest BCUT2D eigenvalue weighted by atomic mass is 9.94. The van der Waals surface area contributed by atoms with E-state index in [9.17, 15) is 18.0 Å². The van der Waals surface area contributed by atoms with Crippen LogP contribution in [0.3, 0.4) is 0 Å². The maximum Gasteiger partial charge on any atom is 0.269 e. The molecule has 9 heteroatoms. The first-order valence-corrected chi connectivity index (χ1v) is 11.3. The molecule has 1 heterocycles. The minimum Gasteiger partial charge on any atom is -0.495 e. The van der Waals surface area contributed by atoms with Crippen LogP contribution in [-0.4, -0.2) is 44.7 Å². The molecular formula is C20H31N3O5S. The van der Waals surface area contributed by atoms with Crippen LogP contribution in [0, 0.1) is 17.8 Å². The number of hydrazine groups is 1. The number of hydrogen-bond acceptors (Lipinski definition) is 5. The average molecular weight is 426 g/mol. The Bertz CT molecular complexity index is 844. The Labute approximate surface area is 173 Å². The van der Waals surface area contributed by atoms with E-state index in [2.05, 4.69) is 10.9 Å². The van der Waals surface area contributed by atoms with Gasteiger partial charge in [0.1, 0.15) is 10.6 Å². The van der Waals surface area contributed by atoms with E-state index in [0.29, 0.717) is 13.1 Å². The molecule has 0 radical (unpaired) electrons. The highest BCUT2D eigenvalue weighted by Gasteiger charge is 2.34. The second-order valence-electron chi connectivity index (χ2n) is 8.23. The highest BCUT2D eigenvalue weighted by atomic mass is 32.2. The van der Waals surface area contributed by atoms with Gasteiger partial charge in [0.25, 0.3) is 5.91 Å². The fraction of sp³-hybridized carbons (Fsp3) is 0.600. The van der Waals surface area contributed by atoms with Crippen molar-refractivity contribution in [3.8, 4) is 5.75 Å². The van der Waals surface area contributed by atoms with E-state index in [0.717, 1.165) is 6.42 Å². The van der Waals surface area contributed by atoms with Gasteiger partial charge in [-0.2, -0.15) is 4.31 Å². The lowest BCUT2D eigenvalue weighted by Crippen LogP contribution is -2.43. The quantitative estimate of drug-likeness (QED) is 0.680. The highest BCUT2D eigenvalue weighted by molar-refractivity contribution is 7.89. The summed E-state index contributed by atoms with van der Waals surface area (Å²) in [6.45, 7) is 8.70. The van der Waals surface area contributed by atoms with Crippen molar-refractivity contribution in [2.24, 2.45) is 17.8 Å². The number of piperidine rings is 1. The molecule has 2 rings (SSSR count). The standard InChI is InChI=1S/C20H31N3O5S/c1-13(2)8-19(24)21-22-20(25)16-6-7-17(28-5)18(10-16)29(26,27)23-11-14(3)9-15(4)12-23/h6-7,10,13-15H,8-9,11-12H2,1-5H3,(H,21,24)(H,22,25). The van der Waals surface area contributed by atoms with Crippen molar-refractivity contribution >= 4 is 21.8 Å². The molecule has 1 aliphatic heterocycles. The van der Waals surface area contributed by atoms with Gasteiger partial charge in [-0.3, -0.25) is 20.4 Å². The van der Waals surface area contributed by atoms with E-state index >= 15 is 0 Å². The maximum atomic E-state index is 13.3. The number of benzene rings is 1. The van der Waals surface area contributed by atoms with Crippen LogP contribution in [-0.2, 0) is 14.8 Å². The molecule has 1 fully saturated rings. The number of nitrogens with zero attached hydrogens (tertiary/aromatic N) is 1. The monoisotopic (exact) mass is 425 g/mol. The minimum atomic E-state index is -3.83. The van der Waals surface area contributed by atoms with Crippen LogP contribution < -0.4 is 15.6 Å². The van der Waals surface area contributed by atoms with Crippen LogP contribution in [0.5, 0.6) is 5.75 Å². The molecule has 0 spiro atoms. The van der Waals surface area contributed by atoms with Crippen molar-refractivity contribution in [3.63, 3.8) is 0 Å². The summed E-state index contributed by atoms with van der Waals surface area (Å²) in [6.07, 6.45) is 1.25. The van der Waals surface area contributed by atoms with Crippen LogP contribution in [0.25, 0.3) is 0 Å². The second kappa shape index (κ2) is 9.58. The number of rotatable bonds is 6. The first-order valence-electron chi connectivity index (χ1n) is 9.82. The second-order valence-corrected chi connectivity index (χ2v) is 10.1. The summed E-state index contributed by atoms with van der Waals surface area (Å²) in [5, 5.41) is 0. The van der Waals surface area contributed by atoms with Crippen molar-refractivity contribution in [2.45, 2.75) is 45.4 Å². The molecule has 162 valence electrons. The lowest BCUT2D eigenvalue weighted by molar-refractivity contribution is -0.122. The zero-order valence-electron chi connectivity index (χ0n) is 17.7. The van der Waals surface area contributed by atoms with Gasteiger partial charge >= 0.3 is 0 Å². The number of methoxy groups -OCH3 is 1. The van der Waals surface area contributed by atoms with Gasteiger partial charge in [0, 0.05) is 25.1 Å². The number of nitrogens with one attached hydrogen (secondary N) is 2. The molecule has 8 nitrogen and oxygen atoms in total. The largest absolute Gasteiger partial charge is 0.495 e. The van der Waals surface area contributed by atoms with Crippen molar-refractivity contribution in [2.75, 3.05) is 20.2 Å². The van der Waals surface area contributed by atoms with E-state index in [1.807, 2.05) is 27.7 Å². The summed E-state index contributed by atoms with van der Waals surface area (Å²) in [5.74, 6) is -0.0767. The summed E-state index contributed by atoms with van der Waals surface area (Å²) >= 11 is 0. The van der Waals surface area contributed by atoms with Gasteiger partial charge < -0.3 is 4.74 Å². The summed E-state index contributed by atoms with van der Waals surface area (Å²) in [6, 6.07) is 4.21. The number of carbonyl (C=O) groups excluding carboxylic acids is 2. The number of amides is 2. The Morgan fingerprint density at radius 1 is 1.17 bits per heavy atom. The molecule has 1 aromatic carbocycles. The fourth-order valence-electron chi connectivity index (χ4n) is 3.58. The van der Waals surface area contributed by atoms with Crippen LogP contribution in [0.1, 0.15) is 50.9 Å². The molecule has 2 unspecified atom stereocenters. The molecule has 1 aromatic rings. The first kappa shape index (κ1) is 23.2. The van der Waals surface area contributed by atoms with Crippen LogP contribution in [0.4, 0.5) is 0 Å². The number of ether oxygens (including phenoxy) is 1. The third-order valence-electron chi connectivity index (χ3n) is 4.79. The molecule has 0 aliphatic carbocycles. The van der Waals surface area contributed by atoms with E-state index in [4.69, 9.17) is 4.74 Å². The molecule has 2 atom stereocenters. The molecule has 29 heavy (non-hydrogen) atoms. The SMILES string of the molecule is COc1ccc(C(=O)NNC(=O)CC(C)C)cc1S(=O)(=O)N1CC(C)CC(C)C1. The maximum absolute atomic E-state index is 13.3. The van der Waals surface area contributed by atoms with Crippen molar-refractivity contribution in [1.82, 2.24) is 15.2 Å². The van der Waals surface area contributed by atoms with Crippen molar-refractivity contribution in [3.05, 3.63) is 23.8 Å². The smallest absolute Gasteiger partial charge is 0.269 e. The predicted octanol–water partition coefficient (Wildman–Crippen LogP) is 2.17. The molecular weight excluding hydrogens is 394 g/mol. The van der Waals surface area contributed by atoms with Gasteiger partial charge in [-0.05, 0) is 42.4 Å². The number of sulfonamides is 1. The third kappa shape index (κ3) is 5.93. The summed E-state index contributed by atoms with van der Waals surface area (Å²) in [4.78, 5) is 24.1.